The van der Waals surface area contributed by atoms with Crippen molar-refractivity contribution in [3.05, 3.63) is 21.4 Å². The summed E-state index contributed by atoms with van der Waals surface area (Å²) in [6.07, 6.45) is 1.68. The third kappa shape index (κ3) is 5.87. The minimum atomic E-state index is -0.755. The van der Waals surface area contributed by atoms with Crippen molar-refractivity contribution in [1.29, 1.82) is 0 Å². The molecule has 1 unspecified atom stereocenters. The molecular weight excluding hydrogens is 286 g/mol. The molecule has 0 fully saturated rings. The number of aryl methyl sites for hydroxylation is 2. The highest BCUT2D eigenvalue weighted by molar-refractivity contribution is 7.14. The standard InChI is InChI=1S/C16H25NO3S/c1-10(2)13(5-6-15(18)19)7-8-17-16(20)14-9-11(3)12(4)21-14/h9-10,13H,5-8H2,1-4H3,(H,17,20)(H,18,19). The molecule has 1 rings (SSSR count). The molecule has 0 aliphatic rings. The van der Waals surface area contributed by atoms with Crippen LogP contribution in [0.4, 0.5) is 0 Å². The van der Waals surface area contributed by atoms with Crippen LogP contribution in [-0.4, -0.2) is 23.5 Å². The Morgan fingerprint density at radius 1 is 1.29 bits per heavy atom. The van der Waals surface area contributed by atoms with Crippen LogP contribution in [0.2, 0.25) is 0 Å². The van der Waals surface area contributed by atoms with E-state index >= 15 is 0 Å². The van der Waals surface area contributed by atoms with E-state index in [-0.39, 0.29) is 12.3 Å². The molecule has 0 aliphatic heterocycles. The number of carboxylic acids is 1. The van der Waals surface area contributed by atoms with Crippen molar-refractivity contribution >= 4 is 23.2 Å². The first-order chi connectivity index (χ1) is 9.81. The van der Waals surface area contributed by atoms with Crippen molar-refractivity contribution in [2.24, 2.45) is 11.8 Å². The molecule has 0 radical (unpaired) electrons. The van der Waals surface area contributed by atoms with Crippen molar-refractivity contribution in [1.82, 2.24) is 5.32 Å². The number of thiophene rings is 1. The summed E-state index contributed by atoms with van der Waals surface area (Å²) in [4.78, 5) is 24.6. The Kier molecular flexibility index (Phi) is 6.89. The van der Waals surface area contributed by atoms with E-state index in [1.165, 1.54) is 16.2 Å². The van der Waals surface area contributed by atoms with Crippen molar-refractivity contribution in [2.75, 3.05) is 6.54 Å². The topological polar surface area (TPSA) is 66.4 Å². The third-order valence-electron chi connectivity index (χ3n) is 3.86. The van der Waals surface area contributed by atoms with E-state index in [1.807, 2.05) is 19.9 Å². The number of hydrogen-bond donors (Lipinski definition) is 2. The van der Waals surface area contributed by atoms with Crippen LogP contribution >= 0.6 is 11.3 Å². The molecule has 1 amide bonds. The van der Waals surface area contributed by atoms with Gasteiger partial charge in [0.05, 0.1) is 4.88 Å². The monoisotopic (exact) mass is 311 g/mol. The van der Waals surface area contributed by atoms with Crippen LogP contribution in [0.5, 0.6) is 0 Å². The Bertz CT molecular complexity index is 474. The maximum absolute atomic E-state index is 12.0. The zero-order chi connectivity index (χ0) is 16.0. The smallest absolute Gasteiger partial charge is 0.303 e. The van der Waals surface area contributed by atoms with Gasteiger partial charge in [-0.1, -0.05) is 13.8 Å². The molecule has 0 spiro atoms. The molecular formula is C16H25NO3S. The largest absolute Gasteiger partial charge is 0.481 e. The average molecular weight is 311 g/mol. The van der Waals surface area contributed by atoms with Gasteiger partial charge in [-0.2, -0.15) is 0 Å². The Balaban J connectivity index is 2.42. The highest BCUT2D eigenvalue weighted by Crippen LogP contribution is 2.22. The van der Waals surface area contributed by atoms with Gasteiger partial charge >= 0.3 is 5.97 Å². The molecule has 118 valence electrons. The van der Waals surface area contributed by atoms with Gasteiger partial charge in [0.15, 0.2) is 0 Å². The summed E-state index contributed by atoms with van der Waals surface area (Å²) < 4.78 is 0. The van der Waals surface area contributed by atoms with Gasteiger partial charge in [-0.05, 0) is 50.2 Å². The number of rotatable bonds is 8. The molecule has 4 nitrogen and oxygen atoms in total. The second-order valence-electron chi connectivity index (χ2n) is 5.83. The molecule has 1 atom stereocenters. The van der Waals surface area contributed by atoms with Crippen molar-refractivity contribution in [3.8, 4) is 0 Å². The van der Waals surface area contributed by atoms with Crippen LogP contribution in [0.25, 0.3) is 0 Å². The lowest BCUT2D eigenvalue weighted by molar-refractivity contribution is -0.137. The van der Waals surface area contributed by atoms with E-state index in [2.05, 4.69) is 19.2 Å². The van der Waals surface area contributed by atoms with Crippen molar-refractivity contribution in [3.63, 3.8) is 0 Å². The fraction of sp³-hybridized carbons (Fsp3) is 0.625. The zero-order valence-electron chi connectivity index (χ0n) is 13.2. The second-order valence-corrected chi connectivity index (χ2v) is 7.09. The number of carbonyl (C=O) groups is 2. The first kappa shape index (κ1) is 17.7. The lowest BCUT2D eigenvalue weighted by atomic mass is 9.88. The lowest BCUT2D eigenvalue weighted by Crippen LogP contribution is -2.26. The SMILES string of the molecule is Cc1cc(C(=O)NCCC(CCC(=O)O)C(C)C)sc1C. The Morgan fingerprint density at radius 3 is 2.43 bits per heavy atom. The molecule has 2 N–H and O–H groups in total. The van der Waals surface area contributed by atoms with Crippen LogP contribution in [0.15, 0.2) is 6.07 Å². The van der Waals surface area contributed by atoms with Gasteiger partial charge in [0.2, 0.25) is 0 Å². The Labute approximate surface area is 130 Å². The van der Waals surface area contributed by atoms with E-state index in [0.717, 1.165) is 16.9 Å². The summed E-state index contributed by atoms with van der Waals surface area (Å²) in [7, 11) is 0. The average Bonchev–Trinajstić information content (AvgIpc) is 2.72. The molecule has 0 aliphatic carbocycles. The van der Waals surface area contributed by atoms with Crippen LogP contribution in [0, 0.1) is 25.7 Å². The van der Waals surface area contributed by atoms with Gasteiger partial charge in [-0.15, -0.1) is 11.3 Å². The number of carboxylic acid groups (broad SMARTS) is 1. The fourth-order valence-corrected chi connectivity index (χ4v) is 3.21. The molecule has 1 heterocycles. The molecule has 21 heavy (non-hydrogen) atoms. The molecule has 0 saturated heterocycles. The minimum Gasteiger partial charge on any atom is -0.481 e. The predicted octanol–water partition coefficient (Wildman–Crippen LogP) is 3.62. The van der Waals surface area contributed by atoms with Gasteiger partial charge in [-0.25, -0.2) is 0 Å². The van der Waals surface area contributed by atoms with Crippen molar-refractivity contribution < 1.29 is 14.7 Å². The third-order valence-corrected chi connectivity index (χ3v) is 5.01. The number of carbonyl (C=O) groups excluding carboxylic acids is 1. The van der Waals surface area contributed by atoms with Crippen LogP contribution in [0.3, 0.4) is 0 Å². The summed E-state index contributed by atoms with van der Waals surface area (Å²) in [5, 5.41) is 11.7. The van der Waals surface area contributed by atoms with E-state index in [1.54, 1.807) is 0 Å². The second kappa shape index (κ2) is 8.17. The fourth-order valence-electron chi connectivity index (χ4n) is 2.26. The van der Waals surface area contributed by atoms with Gasteiger partial charge in [-0.3, -0.25) is 9.59 Å². The first-order valence-electron chi connectivity index (χ1n) is 7.38. The predicted molar refractivity (Wildman–Crippen MR) is 85.9 cm³/mol. The quantitative estimate of drug-likeness (QED) is 0.770. The highest BCUT2D eigenvalue weighted by Gasteiger charge is 2.16. The van der Waals surface area contributed by atoms with Gasteiger partial charge in [0, 0.05) is 17.8 Å². The molecule has 5 heteroatoms. The van der Waals surface area contributed by atoms with Crippen LogP contribution in [0.1, 0.15) is 53.2 Å². The highest BCUT2D eigenvalue weighted by atomic mass is 32.1. The zero-order valence-corrected chi connectivity index (χ0v) is 14.0. The number of nitrogens with one attached hydrogen (secondary N) is 1. The minimum absolute atomic E-state index is 0.0306. The normalized spacial score (nSPS) is 12.4. The number of hydrogen-bond acceptors (Lipinski definition) is 3. The molecule has 1 aromatic rings. The summed E-state index contributed by atoms with van der Waals surface area (Å²) >= 11 is 1.51. The summed E-state index contributed by atoms with van der Waals surface area (Å²) in [5.74, 6) is -0.0353. The lowest BCUT2D eigenvalue weighted by Gasteiger charge is -2.20. The van der Waals surface area contributed by atoms with Crippen molar-refractivity contribution in [2.45, 2.75) is 47.0 Å². The van der Waals surface area contributed by atoms with Crippen LogP contribution in [-0.2, 0) is 4.79 Å². The van der Waals surface area contributed by atoms with Gasteiger partial charge in [0.1, 0.15) is 0 Å². The van der Waals surface area contributed by atoms with E-state index in [9.17, 15) is 9.59 Å². The summed E-state index contributed by atoms with van der Waals surface area (Å²) in [6.45, 7) is 8.80. The Hall–Kier alpha value is -1.36. The Morgan fingerprint density at radius 2 is 1.95 bits per heavy atom. The maximum Gasteiger partial charge on any atom is 0.303 e. The maximum atomic E-state index is 12.0. The summed E-state index contributed by atoms with van der Waals surface area (Å²) in [6, 6.07) is 1.92. The van der Waals surface area contributed by atoms with Gasteiger partial charge < -0.3 is 10.4 Å². The number of aliphatic carboxylic acids is 1. The summed E-state index contributed by atoms with van der Waals surface area (Å²) in [5.41, 5.74) is 1.15. The molecule has 0 aromatic carbocycles. The van der Waals surface area contributed by atoms with E-state index < -0.39 is 5.97 Å². The van der Waals surface area contributed by atoms with E-state index in [0.29, 0.717) is 24.8 Å². The molecule has 1 aromatic heterocycles. The van der Waals surface area contributed by atoms with Crippen LogP contribution < -0.4 is 5.32 Å². The first-order valence-corrected chi connectivity index (χ1v) is 8.20. The number of amides is 1. The van der Waals surface area contributed by atoms with Gasteiger partial charge in [0.25, 0.3) is 5.91 Å². The molecule has 0 saturated carbocycles. The molecule has 0 bridgehead atoms. The van der Waals surface area contributed by atoms with E-state index in [4.69, 9.17) is 5.11 Å².